The molecular formula is C25H29N3O3. The zero-order valence-electron chi connectivity index (χ0n) is 17.8. The number of carbonyl (C=O) groups excluding carboxylic acids is 2. The van der Waals surface area contributed by atoms with E-state index in [0.29, 0.717) is 39.2 Å². The maximum absolute atomic E-state index is 12.9. The monoisotopic (exact) mass is 419 g/mol. The Morgan fingerprint density at radius 3 is 2.42 bits per heavy atom. The number of nitrogens with zero attached hydrogens (tertiary/aromatic N) is 3. The van der Waals surface area contributed by atoms with Gasteiger partial charge in [0.2, 0.25) is 11.8 Å². The van der Waals surface area contributed by atoms with Crippen LogP contribution < -0.4 is 9.64 Å². The molecule has 0 radical (unpaired) electrons. The summed E-state index contributed by atoms with van der Waals surface area (Å²) in [7, 11) is 0. The number of carbonyl (C=O) groups is 2. The fraction of sp³-hybridized carbons (Fsp3) is 0.360. The Labute approximate surface area is 183 Å². The molecule has 162 valence electrons. The second-order valence-electron chi connectivity index (χ2n) is 8.07. The first-order chi connectivity index (χ1) is 15.1. The summed E-state index contributed by atoms with van der Waals surface area (Å²) in [5, 5.41) is 0. The van der Waals surface area contributed by atoms with Gasteiger partial charge in [0.25, 0.3) is 0 Å². The molecule has 0 N–H and O–H groups in total. The zero-order valence-corrected chi connectivity index (χ0v) is 17.8. The minimum atomic E-state index is -0.222. The van der Waals surface area contributed by atoms with Crippen molar-refractivity contribution in [2.24, 2.45) is 5.92 Å². The number of hydrogen-bond acceptors (Lipinski definition) is 4. The van der Waals surface area contributed by atoms with E-state index in [1.807, 2.05) is 47.4 Å². The quantitative estimate of drug-likeness (QED) is 0.648. The highest BCUT2D eigenvalue weighted by Crippen LogP contribution is 2.24. The number of hydrogen-bond donors (Lipinski definition) is 0. The van der Waals surface area contributed by atoms with Gasteiger partial charge in [-0.1, -0.05) is 36.4 Å². The van der Waals surface area contributed by atoms with Crippen LogP contribution in [0.2, 0.25) is 0 Å². The highest BCUT2D eigenvalue weighted by Gasteiger charge is 2.36. The summed E-state index contributed by atoms with van der Waals surface area (Å²) in [6, 6.07) is 18.2. The molecule has 0 spiro atoms. The van der Waals surface area contributed by atoms with Gasteiger partial charge in [0.15, 0.2) is 0 Å². The molecule has 0 aromatic heterocycles. The summed E-state index contributed by atoms with van der Waals surface area (Å²) in [6.07, 6.45) is 2.03. The lowest BCUT2D eigenvalue weighted by Crippen LogP contribution is -2.50. The van der Waals surface area contributed by atoms with Crippen molar-refractivity contribution in [3.05, 3.63) is 72.8 Å². The molecule has 2 aliphatic rings. The molecule has 2 saturated heterocycles. The van der Waals surface area contributed by atoms with Gasteiger partial charge in [0.05, 0.1) is 5.92 Å². The molecule has 1 unspecified atom stereocenters. The van der Waals surface area contributed by atoms with E-state index >= 15 is 0 Å². The van der Waals surface area contributed by atoms with Crippen molar-refractivity contribution >= 4 is 17.5 Å². The van der Waals surface area contributed by atoms with Crippen LogP contribution in [0.3, 0.4) is 0 Å². The molecule has 4 rings (SSSR count). The van der Waals surface area contributed by atoms with Crippen molar-refractivity contribution in [1.29, 1.82) is 0 Å². The number of piperazine rings is 1. The largest absolute Gasteiger partial charge is 0.489 e. The number of rotatable bonds is 7. The first-order valence-corrected chi connectivity index (χ1v) is 10.8. The van der Waals surface area contributed by atoms with E-state index in [9.17, 15) is 9.59 Å². The Bertz CT molecular complexity index is 905. The van der Waals surface area contributed by atoms with E-state index in [-0.39, 0.29) is 17.7 Å². The van der Waals surface area contributed by atoms with Gasteiger partial charge in [-0.25, -0.2) is 0 Å². The van der Waals surface area contributed by atoms with Crippen LogP contribution in [0, 0.1) is 5.92 Å². The summed E-state index contributed by atoms with van der Waals surface area (Å²) in [6.45, 7) is 8.18. The smallest absolute Gasteiger partial charge is 0.228 e. The Morgan fingerprint density at radius 1 is 1.03 bits per heavy atom. The summed E-state index contributed by atoms with van der Waals surface area (Å²) >= 11 is 0. The number of ether oxygens (including phenoxy) is 1. The fourth-order valence-corrected chi connectivity index (χ4v) is 4.21. The lowest BCUT2D eigenvalue weighted by molar-refractivity contribution is -0.136. The molecule has 1 atom stereocenters. The molecule has 31 heavy (non-hydrogen) atoms. The molecule has 2 aliphatic heterocycles. The lowest BCUT2D eigenvalue weighted by atomic mass is 10.1. The molecule has 6 nitrogen and oxygen atoms in total. The van der Waals surface area contributed by atoms with Crippen LogP contribution in [0.15, 0.2) is 67.3 Å². The van der Waals surface area contributed by atoms with Gasteiger partial charge in [-0.2, -0.15) is 0 Å². The van der Waals surface area contributed by atoms with Crippen molar-refractivity contribution in [1.82, 2.24) is 9.80 Å². The normalized spacial score (nSPS) is 18.9. The van der Waals surface area contributed by atoms with Crippen molar-refractivity contribution in [2.45, 2.75) is 13.0 Å². The van der Waals surface area contributed by atoms with Crippen molar-refractivity contribution in [2.75, 3.05) is 44.2 Å². The molecule has 0 bridgehead atoms. The zero-order chi connectivity index (χ0) is 21.6. The van der Waals surface area contributed by atoms with Crippen LogP contribution in [0.25, 0.3) is 0 Å². The first-order valence-electron chi connectivity index (χ1n) is 10.8. The van der Waals surface area contributed by atoms with Crippen molar-refractivity contribution in [3.8, 4) is 5.75 Å². The third kappa shape index (κ3) is 5.08. The molecular weight excluding hydrogens is 390 g/mol. The summed E-state index contributed by atoms with van der Waals surface area (Å²) < 4.78 is 5.87. The summed E-state index contributed by atoms with van der Waals surface area (Å²) in [5.74, 6) is 0.770. The fourth-order valence-electron chi connectivity index (χ4n) is 4.21. The van der Waals surface area contributed by atoms with E-state index in [1.54, 1.807) is 11.0 Å². The Morgan fingerprint density at radius 2 is 1.74 bits per heavy atom. The predicted molar refractivity (Wildman–Crippen MR) is 121 cm³/mol. The van der Waals surface area contributed by atoms with Gasteiger partial charge in [-0.3, -0.25) is 9.59 Å². The molecule has 2 fully saturated rings. The van der Waals surface area contributed by atoms with Crippen LogP contribution in [-0.2, 0) is 16.2 Å². The average molecular weight is 420 g/mol. The second kappa shape index (κ2) is 9.69. The molecule has 2 amide bonds. The maximum atomic E-state index is 12.9. The average Bonchev–Trinajstić information content (AvgIpc) is 3.19. The standard InChI is InChI=1S/C25H29N3O3/c1-2-12-28-18-21(17-24(28)29)25(30)27-15-13-26(14-16-27)22-8-10-23(11-9-22)31-19-20-6-4-3-5-7-20/h2-11,21H,1,12-19H2. The van der Waals surface area contributed by atoms with Gasteiger partial charge in [-0.05, 0) is 29.8 Å². The van der Waals surface area contributed by atoms with Gasteiger partial charge < -0.3 is 19.4 Å². The highest BCUT2D eigenvalue weighted by molar-refractivity contribution is 5.89. The predicted octanol–water partition coefficient (Wildman–Crippen LogP) is 2.95. The SMILES string of the molecule is C=CCN1CC(C(=O)N2CCN(c3ccc(OCc4ccccc4)cc3)CC2)CC1=O. The maximum Gasteiger partial charge on any atom is 0.228 e. The van der Waals surface area contributed by atoms with E-state index in [1.165, 1.54) is 0 Å². The topological polar surface area (TPSA) is 53.1 Å². The Kier molecular flexibility index (Phi) is 6.55. The third-order valence-electron chi connectivity index (χ3n) is 5.95. The number of amides is 2. The second-order valence-corrected chi connectivity index (χ2v) is 8.07. The number of benzene rings is 2. The first kappa shape index (κ1) is 21.0. The minimum Gasteiger partial charge on any atom is -0.489 e. The number of likely N-dealkylation sites (tertiary alicyclic amines) is 1. The van der Waals surface area contributed by atoms with Gasteiger partial charge in [-0.15, -0.1) is 6.58 Å². The van der Waals surface area contributed by atoms with Crippen LogP contribution in [0.4, 0.5) is 5.69 Å². The molecule has 0 saturated carbocycles. The Hall–Kier alpha value is -3.28. The van der Waals surface area contributed by atoms with E-state index < -0.39 is 0 Å². The molecule has 0 aliphatic carbocycles. The van der Waals surface area contributed by atoms with Crippen LogP contribution in [-0.4, -0.2) is 60.9 Å². The van der Waals surface area contributed by atoms with Crippen LogP contribution >= 0.6 is 0 Å². The van der Waals surface area contributed by atoms with Crippen LogP contribution in [0.1, 0.15) is 12.0 Å². The van der Waals surface area contributed by atoms with E-state index in [4.69, 9.17) is 4.74 Å². The summed E-state index contributed by atoms with van der Waals surface area (Å²) in [5.41, 5.74) is 2.27. The Balaban J connectivity index is 1.26. The minimum absolute atomic E-state index is 0.0476. The lowest BCUT2D eigenvalue weighted by Gasteiger charge is -2.37. The molecule has 2 heterocycles. The third-order valence-corrected chi connectivity index (χ3v) is 5.95. The molecule has 2 aromatic rings. The van der Waals surface area contributed by atoms with Gasteiger partial charge in [0, 0.05) is 51.4 Å². The van der Waals surface area contributed by atoms with Crippen LogP contribution in [0.5, 0.6) is 5.75 Å². The van der Waals surface area contributed by atoms with Crippen molar-refractivity contribution in [3.63, 3.8) is 0 Å². The molecule has 6 heteroatoms. The highest BCUT2D eigenvalue weighted by atomic mass is 16.5. The van der Waals surface area contributed by atoms with E-state index in [2.05, 4.69) is 23.6 Å². The molecule has 2 aromatic carbocycles. The van der Waals surface area contributed by atoms with Crippen molar-refractivity contribution < 1.29 is 14.3 Å². The van der Waals surface area contributed by atoms with Gasteiger partial charge in [0.1, 0.15) is 12.4 Å². The van der Waals surface area contributed by atoms with Gasteiger partial charge >= 0.3 is 0 Å². The number of anilines is 1. The van der Waals surface area contributed by atoms with E-state index in [0.717, 1.165) is 30.1 Å². The summed E-state index contributed by atoms with van der Waals surface area (Å²) in [4.78, 5) is 30.8.